The van der Waals surface area contributed by atoms with Gasteiger partial charge in [-0.1, -0.05) is 29.3 Å². The number of hydrogen-bond donors (Lipinski definition) is 2. The van der Waals surface area contributed by atoms with E-state index in [1.165, 1.54) is 0 Å². The molecule has 26 heavy (non-hydrogen) atoms. The maximum absolute atomic E-state index is 6.04. The third-order valence-electron chi connectivity index (χ3n) is 3.92. The van der Waals surface area contributed by atoms with Gasteiger partial charge in [0.15, 0.2) is 0 Å². The second-order valence-corrected chi connectivity index (χ2v) is 6.62. The Kier molecular flexibility index (Phi) is 4.69. The van der Waals surface area contributed by atoms with Crippen LogP contribution in [0.3, 0.4) is 0 Å². The minimum Gasteiger partial charge on any atom is -0.350 e. The third kappa shape index (κ3) is 3.76. The van der Waals surface area contributed by atoms with Gasteiger partial charge in [-0.3, -0.25) is 0 Å². The van der Waals surface area contributed by atoms with Gasteiger partial charge in [0.25, 0.3) is 0 Å². The van der Waals surface area contributed by atoms with Crippen molar-refractivity contribution >= 4 is 40.2 Å². The van der Waals surface area contributed by atoms with Crippen molar-refractivity contribution in [2.75, 3.05) is 5.32 Å². The van der Waals surface area contributed by atoms with Gasteiger partial charge in [0.05, 0.1) is 5.02 Å². The predicted molar refractivity (Wildman–Crippen MR) is 103 cm³/mol. The number of aromatic amines is 1. The molecule has 0 saturated heterocycles. The van der Waals surface area contributed by atoms with Crippen molar-refractivity contribution in [2.45, 2.75) is 13.0 Å². The van der Waals surface area contributed by atoms with E-state index in [4.69, 9.17) is 23.2 Å². The number of halogens is 2. The first-order valence-electron chi connectivity index (χ1n) is 7.94. The van der Waals surface area contributed by atoms with E-state index >= 15 is 0 Å². The monoisotopic (exact) mass is 384 g/mol. The molecule has 0 aliphatic heterocycles. The van der Waals surface area contributed by atoms with Gasteiger partial charge in [0.2, 0.25) is 5.95 Å². The predicted octanol–water partition coefficient (Wildman–Crippen LogP) is 4.26. The average Bonchev–Trinajstić information content (AvgIpc) is 3.04. The van der Waals surface area contributed by atoms with E-state index in [1.54, 1.807) is 18.5 Å². The molecule has 0 aromatic carbocycles. The number of anilines is 1. The lowest BCUT2D eigenvalue weighted by Crippen LogP contribution is -2.04. The fourth-order valence-electron chi connectivity index (χ4n) is 2.63. The highest BCUT2D eigenvalue weighted by molar-refractivity contribution is 6.31. The average molecular weight is 385 g/mol. The van der Waals surface area contributed by atoms with E-state index in [0.717, 1.165) is 27.7 Å². The standard InChI is InChI=1S/C18H14Cl2N6/c19-14-4-15-13(9-22-17(15)23-10-14)3-12-7-25-18(26-8-12)24-6-11-1-2-16(20)21-5-11/h1-2,4-5,7-10H,3,6H2,(H,22,23)(H,24,25,26). The van der Waals surface area contributed by atoms with Gasteiger partial charge in [-0.05, 0) is 28.8 Å². The van der Waals surface area contributed by atoms with Gasteiger partial charge in [0, 0.05) is 49.3 Å². The SMILES string of the molecule is Clc1cnc2[nH]cc(Cc3cnc(NCc4ccc(Cl)nc4)nc3)c2c1. The molecule has 4 aromatic rings. The zero-order valence-electron chi connectivity index (χ0n) is 13.6. The van der Waals surface area contributed by atoms with Gasteiger partial charge in [-0.2, -0.15) is 0 Å². The minimum absolute atomic E-state index is 0.475. The van der Waals surface area contributed by atoms with E-state index in [2.05, 4.69) is 30.2 Å². The number of nitrogens with one attached hydrogen (secondary N) is 2. The Hall–Kier alpha value is -2.70. The maximum atomic E-state index is 6.04. The first kappa shape index (κ1) is 16.8. The molecule has 2 N–H and O–H groups in total. The van der Waals surface area contributed by atoms with Crippen LogP contribution < -0.4 is 5.32 Å². The Morgan fingerprint density at radius 3 is 2.50 bits per heavy atom. The molecule has 0 bridgehead atoms. The van der Waals surface area contributed by atoms with Gasteiger partial charge < -0.3 is 10.3 Å². The largest absolute Gasteiger partial charge is 0.350 e. The van der Waals surface area contributed by atoms with Crippen LogP contribution in [0, 0.1) is 0 Å². The van der Waals surface area contributed by atoms with Crippen molar-refractivity contribution in [2.24, 2.45) is 0 Å². The van der Waals surface area contributed by atoms with E-state index in [1.807, 2.05) is 30.7 Å². The molecule has 0 aliphatic rings. The molecule has 6 nitrogen and oxygen atoms in total. The maximum Gasteiger partial charge on any atom is 0.222 e. The van der Waals surface area contributed by atoms with Gasteiger partial charge in [0.1, 0.15) is 10.8 Å². The number of nitrogens with zero attached hydrogens (tertiary/aromatic N) is 4. The van der Waals surface area contributed by atoms with Crippen LogP contribution in [0.4, 0.5) is 5.95 Å². The highest BCUT2D eigenvalue weighted by Crippen LogP contribution is 2.22. The molecule has 8 heteroatoms. The summed E-state index contributed by atoms with van der Waals surface area (Å²) in [6.07, 6.45) is 9.61. The molecular formula is C18H14Cl2N6. The molecular weight excluding hydrogens is 371 g/mol. The molecule has 0 radical (unpaired) electrons. The Morgan fingerprint density at radius 2 is 1.73 bits per heavy atom. The van der Waals surface area contributed by atoms with Crippen LogP contribution in [0.15, 0.2) is 49.2 Å². The fraction of sp³-hybridized carbons (Fsp3) is 0.111. The molecule has 0 unspecified atom stereocenters. The van der Waals surface area contributed by atoms with E-state index < -0.39 is 0 Å². The fourth-order valence-corrected chi connectivity index (χ4v) is 2.90. The van der Waals surface area contributed by atoms with Crippen molar-refractivity contribution in [3.63, 3.8) is 0 Å². The van der Waals surface area contributed by atoms with Crippen LogP contribution in [-0.4, -0.2) is 24.9 Å². The molecule has 0 saturated carbocycles. The summed E-state index contributed by atoms with van der Waals surface area (Å²) in [4.78, 5) is 20.2. The van der Waals surface area contributed by atoms with Crippen LogP contribution in [0.25, 0.3) is 11.0 Å². The number of fused-ring (bicyclic) bond motifs is 1. The lowest BCUT2D eigenvalue weighted by molar-refractivity contribution is 1.02. The second kappa shape index (κ2) is 7.27. The number of pyridine rings is 2. The number of H-pyrrole nitrogens is 1. The zero-order valence-corrected chi connectivity index (χ0v) is 15.1. The van der Waals surface area contributed by atoms with Gasteiger partial charge in [-0.15, -0.1) is 0 Å². The van der Waals surface area contributed by atoms with Crippen molar-refractivity contribution in [3.8, 4) is 0 Å². The molecule has 0 spiro atoms. The van der Waals surface area contributed by atoms with Gasteiger partial charge in [-0.25, -0.2) is 19.9 Å². The topological polar surface area (TPSA) is 79.4 Å². The van der Waals surface area contributed by atoms with E-state index in [9.17, 15) is 0 Å². The second-order valence-electron chi connectivity index (χ2n) is 5.80. The molecule has 0 amide bonds. The zero-order chi connectivity index (χ0) is 17.9. The van der Waals surface area contributed by atoms with Crippen LogP contribution in [0.1, 0.15) is 16.7 Å². The normalized spacial score (nSPS) is 11.0. The molecule has 4 heterocycles. The van der Waals surface area contributed by atoms with Crippen molar-refractivity contribution < 1.29 is 0 Å². The lowest BCUT2D eigenvalue weighted by Gasteiger charge is -2.06. The summed E-state index contributed by atoms with van der Waals surface area (Å²) < 4.78 is 0. The van der Waals surface area contributed by atoms with Crippen molar-refractivity contribution in [3.05, 3.63) is 76.0 Å². The highest BCUT2D eigenvalue weighted by atomic mass is 35.5. The summed E-state index contributed by atoms with van der Waals surface area (Å²) in [7, 11) is 0. The summed E-state index contributed by atoms with van der Waals surface area (Å²) >= 11 is 11.8. The number of aromatic nitrogens is 5. The van der Waals surface area contributed by atoms with Crippen LogP contribution in [0.2, 0.25) is 10.2 Å². The number of rotatable bonds is 5. The van der Waals surface area contributed by atoms with E-state index in [-0.39, 0.29) is 0 Å². The highest BCUT2D eigenvalue weighted by Gasteiger charge is 2.07. The summed E-state index contributed by atoms with van der Waals surface area (Å²) in [5, 5.41) is 5.27. The molecule has 130 valence electrons. The third-order valence-corrected chi connectivity index (χ3v) is 4.35. The molecule has 0 fully saturated rings. The summed E-state index contributed by atoms with van der Waals surface area (Å²) in [5.41, 5.74) is 3.93. The quantitative estimate of drug-likeness (QED) is 0.502. The molecule has 0 aliphatic carbocycles. The molecule has 4 aromatic heterocycles. The number of hydrogen-bond acceptors (Lipinski definition) is 5. The first-order valence-corrected chi connectivity index (χ1v) is 8.70. The Balaban J connectivity index is 1.43. The van der Waals surface area contributed by atoms with E-state index in [0.29, 0.717) is 29.1 Å². The Bertz CT molecular complexity index is 1030. The Morgan fingerprint density at radius 1 is 0.923 bits per heavy atom. The summed E-state index contributed by atoms with van der Waals surface area (Å²) in [5.74, 6) is 0.562. The lowest BCUT2D eigenvalue weighted by atomic mass is 10.1. The molecule has 4 rings (SSSR count). The van der Waals surface area contributed by atoms with Gasteiger partial charge >= 0.3 is 0 Å². The van der Waals surface area contributed by atoms with Crippen LogP contribution >= 0.6 is 23.2 Å². The summed E-state index contributed by atoms with van der Waals surface area (Å²) in [6.45, 7) is 0.579. The molecule has 0 atom stereocenters. The van der Waals surface area contributed by atoms with Crippen molar-refractivity contribution in [1.82, 2.24) is 24.9 Å². The smallest absolute Gasteiger partial charge is 0.222 e. The van der Waals surface area contributed by atoms with Crippen LogP contribution in [0.5, 0.6) is 0 Å². The first-order chi connectivity index (χ1) is 12.7. The Labute approximate surface area is 159 Å². The van der Waals surface area contributed by atoms with Crippen LogP contribution in [-0.2, 0) is 13.0 Å². The minimum atomic E-state index is 0.475. The van der Waals surface area contributed by atoms with Crippen molar-refractivity contribution in [1.29, 1.82) is 0 Å². The summed E-state index contributed by atoms with van der Waals surface area (Å²) in [6, 6.07) is 5.57.